The fourth-order valence-electron chi connectivity index (χ4n) is 4.22. The molecule has 0 unspecified atom stereocenters. The molecule has 4 rings (SSSR count). The molecule has 2 aliphatic rings. The quantitative estimate of drug-likeness (QED) is 0.552. The number of rotatable bonds is 9. The van der Waals surface area contributed by atoms with Crippen molar-refractivity contribution in [1.82, 2.24) is 20.2 Å². The van der Waals surface area contributed by atoms with Crippen molar-refractivity contribution in [1.29, 1.82) is 5.41 Å². The first kappa shape index (κ1) is 20.9. The van der Waals surface area contributed by atoms with Gasteiger partial charge in [-0.3, -0.25) is 9.88 Å². The van der Waals surface area contributed by atoms with Gasteiger partial charge in [0.1, 0.15) is 0 Å². The van der Waals surface area contributed by atoms with Crippen molar-refractivity contribution in [3.05, 3.63) is 41.9 Å². The minimum atomic E-state index is 0.483. The number of morpholine rings is 1. The molecular formula is C23H32N6O. The van der Waals surface area contributed by atoms with Crippen LogP contribution in [0.25, 0.3) is 16.6 Å². The Morgan fingerprint density at radius 2 is 2.10 bits per heavy atom. The van der Waals surface area contributed by atoms with E-state index in [0.29, 0.717) is 6.04 Å². The number of benzene rings is 1. The second kappa shape index (κ2) is 10.1. The van der Waals surface area contributed by atoms with E-state index in [1.54, 1.807) is 6.20 Å². The van der Waals surface area contributed by atoms with Gasteiger partial charge in [-0.2, -0.15) is 0 Å². The first-order chi connectivity index (χ1) is 14.7. The number of hydrogen-bond donors (Lipinski definition) is 3. The van der Waals surface area contributed by atoms with E-state index >= 15 is 0 Å². The zero-order valence-corrected chi connectivity index (χ0v) is 17.5. The maximum atomic E-state index is 7.83. The lowest BCUT2D eigenvalue weighted by Crippen LogP contribution is -2.38. The lowest BCUT2D eigenvalue weighted by atomic mass is 9.77. The topological polar surface area (TPSA) is 100 Å². The van der Waals surface area contributed by atoms with Gasteiger partial charge in [0.05, 0.1) is 36.1 Å². The molecule has 1 aromatic heterocycles. The molecule has 7 nitrogen and oxygen atoms in total. The van der Waals surface area contributed by atoms with Gasteiger partial charge in [-0.05, 0) is 55.8 Å². The van der Waals surface area contributed by atoms with Crippen molar-refractivity contribution >= 4 is 22.8 Å². The predicted molar refractivity (Wildman–Crippen MR) is 120 cm³/mol. The zero-order valence-electron chi connectivity index (χ0n) is 17.5. The standard InChI is InChI=1S/C23H32N6O/c24-5-1-2-17-10-20(11-17)26-14-19(13-25)23-15-27-21-4-3-18(12-22(21)28-23)16-29-6-8-30-9-7-29/h3-4,12-15,17,20,25-26H,1-2,5-11,16,24H2/b19-14+,25-13?. The molecule has 0 radical (unpaired) electrons. The van der Waals surface area contributed by atoms with Crippen LogP contribution in [0.5, 0.6) is 0 Å². The number of nitrogens with one attached hydrogen (secondary N) is 2. The number of nitrogens with two attached hydrogens (primary N) is 1. The van der Waals surface area contributed by atoms with Crippen LogP contribution < -0.4 is 11.1 Å². The van der Waals surface area contributed by atoms with Gasteiger partial charge in [0, 0.05) is 43.7 Å². The molecule has 1 aromatic carbocycles. The van der Waals surface area contributed by atoms with Gasteiger partial charge >= 0.3 is 0 Å². The molecule has 7 heteroatoms. The Morgan fingerprint density at radius 1 is 1.27 bits per heavy atom. The normalized spacial score (nSPS) is 22.6. The first-order valence-corrected chi connectivity index (χ1v) is 11.0. The van der Waals surface area contributed by atoms with Gasteiger partial charge in [0.25, 0.3) is 0 Å². The lowest BCUT2D eigenvalue weighted by Gasteiger charge is -2.35. The van der Waals surface area contributed by atoms with Crippen molar-refractivity contribution in [2.24, 2.45) is 11.7 Å². The summed E-state index contributed by atoms with van der Waals surface area (Å²) in [6.45, 7) is 5.20. The van der Waals surface area contributed by atoms with E-state index in [2.05, 4.69) is 27.3 Å². The third kappa shape index (κ3) is 5.22. The summed E-state index contributed by atoms with van der Waals surface area (Å²) in [5, 5.41) is 11.3. The molecule has 0 atom stereocenters. The fourth-order valence-corrected chi connectivity index (χ4v) is 4.22. The third-order valence-corrected chi connectivity index (χ3v) is 6.09. The fraction of sp³-hybridized carbons (Fsp3) is 0.522. The van der Waals surface area contributed by atoms with Crippen LogP contribution in [0.4, 0.5) is 0 Å². The largest absolute Gasteiger partial charge is 0.388 e. The molecule has 0 bridgehead atoms. The maximum absolute atomic E-state index is 7.83. The summed E-state index contributed by atoms with van der Waals surface area (Å²) in [5.74, 6) is 0.785. The summed E-state index contributed by atoms with van der Waals surface area (Å²) < 4.78 is 5.43. The Morgan fingerprint density at radius 3 is 2.87 bits per heavy atom. The van der Waals surface area contributed by atoms with Crippen molar-refractivity contribution in [3.63, 3.8) is 0 Å². The van der Waals surface area contributed by atoms with Gasteiger partial charge in [-0.25, -0.2) is 4.98 Å². The first-order valence-electron chi connectivity index (χ1n) is 11.0. The Kier molecular flexibility index (Phi) is 7.04. The molecule has 1 aliphatic heterocycles. The van der Waals surface area contributed by atoms with Crippen LogP contribution in [0.15, 0.2) is 30.6 Å². The van der Waals surface area contributed by atoms with E-state index in [9.17, 15) is 0 Å². The van der Waals surface area contributed by atoms with E-state index in [-0.39, 0.29) is 0 Å². The minimum Gasteiger partial charge on any atom is -0.388 e. The summed E-state index contributed by atoms with van der Waals surface area (Å²) >= 11 is 0. The highest BCUT2D eigenvalue weighted by Crippen LogP contribution is 2.31. The second-order valence-electron chi connectivity index (χ2n) is 8.34. The Balaban J connectivity index is 1.42. The van der Waals surface area contributed by atoms with E-state index in [4.69, 9.17) is 20.9 Å². The molecular weight excluding hydrogens is 376 g/mol. The number of fused-ring (bicyclic) bond motifs is 1. The zero-order chi connectivity index (χ0) is 20.8. The van der Waals surface area contributed by atoms with Crippen molar-refractivity contribution in [2.75, 3.05) is 32.8 Å². The van der Waals surface area contributed by atoms with Gasteiger partial charge in [0.2, 0.25) is 0 Å². The number of ether oxygens (including phenoxy) is 1. The molecule has 2 aromatic rings. The number of hydrogen-bond acceptors (Lipinski definition) is 7. The van der Waals surface area contributed by atoms with Crippen LogP contribution in [-0.2, 0) is 11.3 Å². The smallest absolute Gasteiger partial charge is 0.0922 e. The predicted octanol–water partition coefficient (Wildman–Crippen LogP) is 2.56. The molecule has 0 spiro atoms. The van der Waals surface area contributed by atoms with Crippen LogP contribution in [0.1, 0.15) is 36.9 Å². The highest BCUT2D eigenvalue weighted by Gasteiger charge is 2.27. The van der Waals surface area contributed by atoms with Crippen molar-refractivity contribution in [3.8, 4) is 0 Å². The number of nitrogens with zero attached hydrogens (tertiary/aromatic N) is 3. The van der Waals surface area contributed by atoms with Gasteiger partial charge in [-0.15, -0.1) is 0 Å². The van der Waals surface area contributed by atoms with Crippen molar-refractivity contribution in [2.45, 2.75) is 38.3 Å². The Bertz CT molecular complexity index is 886. The van der Waals surface area contributed by atoms with Crippen LogP contribution >= 0.6 is 0 Å². The summed E-state index contributed by atoms with van der Waals surface area (Å²) in [5.41, 5.74) is 10.1. The third-order valence-electron chi connectivity index (χ3n) is 6.09. The minimum absolute atomic E-state index is 0.483. The van der Waals surface area contributed by atoms with E-state index in [0.717, 1.165) is 74.0 Å². The maximum Gasteiger partial charge on any atom is 0.0922 e. The number of aromatic nitrogens is 2. The van der Waals surface area contributed by atoms with E-state index < -0.39 is 0 Å². The average Bonchev–Trinajstić information content (AvgIpc) is 2.75. The van der Waals surface area contributed by atoms with E-state index in [1.165, 1.54) is 31.0 Å². The summed E-state index contributed by atoms with van der Waals surface area (Å²) in [7, 11) is 0. The summed E-state index contributed by atoms with van der Waals surface area (Å²) in [4.78, 5) is 11.8. The monoisotopic (exact) mass is 408 g/mol. The highest BCUT2D eigenvalue weighted by atomic mass is 16.5. The molecule has 2 heterocycles. The van der Waals surface area contributed by atoms with Crippen LogP contribution in [0.3, 0.4) is 0 Å². The molecule has 1 saturated carbocycles. The van der Waals surface area contributed by atoms with E-state index in [1.807, 2.05) is 12.3 Å². The van der Waals surface area contributed by atoms with Crippen LogP contribution in [0, 0.1) is 11.3 Å². The van der Waals surface area contributed by atoms with Crippen molar-refractivity contribution < 1.29 is 4.74 Å². The summed E-state index contributed by atoms with van der Waals surface area (Å²) in [6.07, 6.45) is 9.71. The molecule has 30 heavy (non-hydrogen) atoms. The molecule has 2 fully saturated rings. The molecule has 4 N–H and O–H groups in total. The van der Waals surface area contributed by atoms with Gasteiger partial charge in [-0.1, -0.05) is 6.07 Å². The van der Waals surface area contributed by atoms with Crippen LogP contribution in [-0.4, -0.2) is 60.0 Å². The van der Waals surface area contributed by atoms with Gasteiger partial charge in [0.15, 0.2) is 0 Å². The Labute approximate surface area is 178 Å². The molecule has 1 saturated heterocycles. The number of allylic oxidation sites excluding steroid dienone is 1. The average molecular weight is 409 g/mol. The molecule has 160 valence electrons. The summed E-state index contributed by atoms with van der Waals surface area (Å²) in [6, 6.07) is 6.75. The molecule has 1 aliphatic carbocycles. The SMILES string of the molecule is N=C/C(=C\NC1CC(CCCN)C1)c1cnc2ccc(CN3CCOCC3)cc2n1. The molecule has 0 amide bonds. The Hall–Kier alpha value is -2.35. The highest BCUT2D eigenvalue weighted by molar-refractivity contribution is 6.07. The second-order valence-corrected chi connectivity index (χ2v) is 8.34. The van der Waals surface area contributed by atoms with Gasteiger partial charge < -0.3 is 21.2 Å². The lowest BCUT2D eigenvalue weighted by molar-refractivity contribution is 0.0342. The van der Waals surface area contributed by atoms with Crippen LogP contribution in [0.2, 0.25) is 0 Å².